The van der Waals surface area contributed by atoms with Crippen LogP contribution in [0.25, 0.3) is 5.65 Å². The third kappa shape index (κ3) is 4.75. The third-order valence-electron chi connectivity index (χ3n) is 5.87. The fourth-order valence-electron chi connectivity index (χ4n) is 3.93. The van der Waals surface area contributed by atoms with Crippen LogP contribution in [0.1, 0.15) is 25.0 Å². The van der Waals surface area contributed by atoms with Crippen molar-refractivity contribution in [2.45, 2.75) is 19.9 Å². The van der Waals surface area contributed by atoms with Crippen LogP contribution in [-0.4, -0.2) is 69.2 Å². The number of primary amides is 1. The van der Waals surface area contributed by atoms with Gasteiger partial charge in [-0.3, -0.25) is 9.69 Å². The van der Waals surface area contributed by atoms with Crippen LogP contribution in [0.5, 0.6) is 0 Å². The molecule has 13 heteroatoms. The lowest BCUT2D eigenvalue weighted by Gasteiger charge is -2.38. The van der Waals surface area contributed by atoms with Crippen molar-refractivity contribution >= 4 is 46.4 Å². The third-order valence-corrected chi connectivity index (χ3v) is 6.26. The molecule has 0 saturated carbocycles. The van der Waals surface area contributed by atoms with Crippen molar-refractivity contribution in [3.63, 3.8) is 0 Å². The smallest absolute Gasteiger partial charge is 0.234 e. The molecule has 1 aliphatic heterocycles. The molecule has 1 amide bonds. The van der Waals surface area contributed by atoms with Gasteiger partial charge in [-0.25, -0.2) is 0 Å². The van der Waals surface area contributed by atoms with Crippen molar-refractivity contribution < 1.29 is 4.79 Å². The number of nitriles is 2. The van der Waals surface area contributed by atoms with Gasteiger partial charge < -0.3 is 21.3 Å². The predicted molar refractivity (Wildman–Crippen MR) is 132 cm³/mol. The summed E-state index contributed by atoms with van der Waals surface area (Å²) >= 11 is 6.78. The van der Waals surface area contributed by atoms with Crippen molar-refractivity contribution in [3.05, 3.63) is 34.5 Å². The van der Waals surface area contributed by atoms with Gasteiger partial charge in [0.15, 0.2) is 5.65 Å². The zero-order chi connectivity index (χ0) is 25.1. The van der Waals surface area contributed by atoms with Gasteiger partial charge in [0.05, 0.1) is 40.3 Å². The van der Waals surface area contributed by atoms with E-state index in [1.165, 1.54) is 10.7 Å². The summed E-state index contributed by atoms with van der Waals surface area (Å²) in [6.45, 7) is 6.77. The van der Waals surface area contributed by atoms with Gasteiger partial charge in [-0.15, -0.1) is 0 Å². The van der Waals surface area contributed by atoms with Crippen LogP contribution in [0, 0.1) is 22.7 Å². The summed E-state index contributed by atoms with van der Waals surface area (Å²) in [6, 6.07) is 7.25. The fraction of sp³-hybridized carbons (Fsp3) is 0.364. The van der Waals surface area contributed by atoms with Crippen LogP contribution < -0.4 is 21.3 Å². The number of amides is 1. The maximum atomic E-state index is 11.5. The molecule has 1 aliphatic rings. The summed E-state index contributed by atoms with van der Waals surface area (Å²) in [5.74, 6) is 0.253. The Labute approximate surface area is 206 Å². The van der Waals surface area contributed by atoms with Gasteiger partial charge in [-0.1, -0.05) is 11.6 Å². The molecule has 0 bridgehead atoms. The number of halogens is 1. The largest absolute Gasteiger partial charge is 0.368 e. The minimum absolute atomic E-state index is 0.202. The Morgan fingerprint density at radius 3 is 2.60 bits per heavy atom. The number of nitrogens with zero attached hydrogens (tertiary/aromatic N) is 8. The van der Waals surface area contributed by atoms with Gasteiger partial charge in [0.2, 0.25) is 17.8 Å². The molecule has 0 aliphatic carbocycles. The number of fused-ring (bicyclic) bond motifs is 1. The molecule has 2 aromatic heterocycles. The van der Waals surface area contributed by atoms with E-state index in [1.807, 2.05) is 11.8 Å². The highest BCUT2D eigenvalue weighted by atomic mass is 35.5. The maximum absolute atomic E-state index is 11.5. The highest BCUT2D eigenvalue weighted by molar-refractivity contribution is 6.36. The Hall–Kier alpha value is -4.13. The van der Waals surface area contributed by atoms with Crippen molar-refractivity contribution in [2.24, 2.45) is 5.73 Å². The summed E-state index contributed by atoms with van der Waals surface area (Å²) in [7, 11) is 0. The van der Waals surface area contributed by atoms with Crippen LogP contribution in [0.3, 0.4) is 0 Å². The van der Waals surface area contributed by atoms with Gasteiger partial charge in [0.1, 0.15) is 11.6 Å². The average molecular weight is 494 g/mol. The second-order valence-corrected chi connectivity index (χ2v) is 8.38. The van der Waals surface area contributed by atoms with Gasteiger partial charge in [-0.05, 0) is 26.0 Å². The molecule has 3 heterocycles. The number of rotatable bonds is 7. The molecule has 0 radical (unpaired) electrons. The van der Waals surface area contributed by atoms with E-state index in [9.17, 15) is 15.3 Å². The zero-order valence-electron chi connectivity index (χ0n) is 19.3. The monoisotopic (exact) mass is 493 g/mol. The minimum atomic E-state index is -0.360. The Morgan fingerprint density at radius 1 is 1.23 bits per heavy atom. The summed E-state index contributed by atoms with van der Waals surface area (Å²) in [4.78, 5) is 24.5. The Kier molecular flexibility index (Phi) is 6.87. The van der Waals surface area contributed by atoms with Crippen molar-refractivity contribution in [2.75, 3.05) is 48.3 Å². The van der Waals surface area contributed by atoms with Crippen LogP contribution in [0.15, 0.2) is 18.3 Å². The van der Waals surface area contributed by atoms with Crippen LogP contribution in [0.2, 0.25) is 5.02 Å². The molecule has 1 saturated heterocycles. The standard InChI is InChI=1S/C22H24ClN11O/c1-3-27-22-31-21(30-20-15(11-25)12-28-34(20)22)29-16-8-14(10-24)9-17(18(16)23)33-6-4-32(5-7-33)13(2)19(26)35/h8-9,12-13H,3-7H2,1-2H3,(H2,26,35)(H2,27,29,30,31)/t13-/m0/s1. The SMILES string of the molecule is CCNc1nc(Nc2cc(C#N)cc(N3CCN([C@@H](C)C(N)=O)CC3)c2Cl)nc2c(C#N)cnn12. The van der Waals surface area contributed by atoms with Crippen molar-refractivity contribution in [1.82, 2.24) is 24.5 Å². The molecule has 4 N–H and O–H groups in total. The molecule has 35 heavy (non-hydrogen) atoms. The maximum Gasteiger partial charge on any atom is 0.234 e. The number of anilines is 4. The number of piperazine rings is 1. The van der Waals surface area contributed by atoms with Crippen LogP contribution >= 0.6 is 11.6 Å². The van der Waals surface area contributed by atoms with E-state index >= 15 is 0 Å². The lowest BCUT2D eigenvalue weighted by Crippen LogP contribution is -2.53. The highest BCUT2D eigenvalue weighted by Crippen LogP contribution is 2.36. The lowest BCUT2D eigenvalue weighted by molar-refractivity contribution is -0.122. The Morgan fingerprint density at radius 2 is 1.97 bits per heavy atom. The van der Waals surface area contributed by atoms with Gasteiger partial charge in [-0.2, -0.15) is 30.1 Å². The van der Waals surface area contributed by atoms with E-state index < -0.39 is 0 Å². The normalized spacial score (nSPS) is 14.8. The first kappa shape index (κ1) is 24.0. The molecule has 1 atom stereocenters. The van der Waals surface area contributed by atoms with E-state index in [0.29, 0.717) is 71.8 Å². The van der Waals surface area contributed by atoms with Gasteiger partial charge in [0, 0.05) is 32.7 Å². The van der Waals surface area contributed by atoms with Crippen LogP contribution in [-0.2, 0) is 4.79 Å². The predicted octanol–water partition coefficient (Wildman–Crippen LogP) is 1.69. The zero-order valence-corrected chi connectivity index (χ0v) is 20.0. The van der Waals surface area contributed by atoms with E-state index in [-0.39, 0.29) is 17.9 Å². The van der Waals surface area contributed by atoms with E-state index in [4.69, 9.17) is 17.3 Å². The number of nitrogens with one attached hydrogen (secondary N) is 2. The van der Waals surface area contributed by atoms with Crippen LogP contribution in [0.4, 0.5) is 23.3 Å². The molecular formula is C22H24ClN11O. The molecule has 4 rings (SSSR count). The van der Waals surface area contributed by atoms with Gasteiger partial charge in [0.25, 0.3) is 0 Å². The summed E-state index contributed by atoms with van der Waals surface area (Å²) in [6.07, 6.45) is 1.43. The first-order valence-corrected chi connectivity index (χ1v) is 11.4. The van der Waals surface area contributed by atoms with Crippen molar-refractivity contribution in [1.29, 1.82) is 10.5 Å². The topological polar surface area (TPSA) is 164 Å². The van der Waals surface area contributed by atoms with Crippen molar-refractivity contribution in [3.8, 4) is 12.1 Å². The number of hydrogen-bond donors (Lipinski definition) is 3. The molecule has 180 valence electrons. The molecule has 1 fully saturated rings. The fourth-order valence-corrected chi connectivity index (χ4v) is 4.21. The van der Waals surface area contributed by atoms with E-state index in [2.05, 4.69) is 42.7 Å². The molecule has 1 aromatic carbocycles. The Bertz CT molecular complexity index is 1350. The number of aromatic nitrogens is 4. The molecule has 3 aromatic rings. The summed E-state index contributed by atoms with van der Waals surface area (Å²) < 4.78 is 1.46. The summed E-state index contributed by atoms with van der Waals surface area (Å²) in [5.41, 5.74) is 7.64. The number of hydrogen-bond acceptors (Lipinski definition) is 10. The number of carbonyl (C=O) groups excluding carboxylic acids is 1. The minimum Gasteiger partial charge on any atom is -0.368 e. The van der Waals surface area contributed by atoms with E-state index in [1.54, 1.807) is 19.1 Å². The first-order chi connectivity index (χ1) is 16.9. The molecule has 0 spiro atoms. The molecule has 0 unspecified atom stereocenters. The molecular weight excluding hydrogens is 470 g/mol. The first-order valence-electron chi connectivity index (χ1n) is 11.0. The van der Waals surface area contributed by atoms with E-state index in [0.717, 1.165) is 0 Å². The average Bonchev–Trinajstić information content (AvgIpc) is 3.28. The number of carbonyl (C=O) groups is 1. The number of benzene rings is 1. The second kappa shape index (κ2) is 10.0. The number of nitrogens with two attached hydrogens (primary N) is 1. The quantitative estimate of drug-likeness (QED) is 0.441. The lowest BCUT2D eigenvalue weighted by atomic mass is 10.1. The second-order valence-electron chi connectivity index (χ2n) is 8.00. The highest BCUT2D eigenvalue weighted by Gasteiger charge is 2.26. The summed E-state index contributed by atoms with van der Waals surface area (Å²) in [5, 5.41) is 29.8. The Balaban J connectivity index is 1.66. The molecule has 12 nitrogen and oxygen atoms in total. The van der Waals surface area contributed by atoms with Gasteiger partial charge >= 0.3 is 0 Å².